The Morgan fingerprint density at radius 1 is 1.57 bits per heavy atom. The Kier molecular flexibility index (Phi) is 4.79. The molecule has 0 radical (unpaired) electrons. The predicted molar refractivity (Wildman–Crippen MR) is 80.2 cm³/mol. The number of anilines is 1. The van der Waals surface area contributed by atoms with Crippen LogP contribution >= 0.6 is 0 Å². The van der Waals surface area contributed by atoms with Crippen LogP contribution < -0.4 is 4.90 Å². The molecule has 5 heteroatoms. The van der Waals surface area contributed by atoms with Gasteiger partial charge in [0, 0.05) is 25.2 Å². The Labute approximate surface area is 125 Å². The molecule has 0 aliphatic carbocycles. The third-order valence-corrected chi connectivity index (χ3v) is 4.05. The standard InChI is InChI=1S/C16H21N3O2/c1-11-8-15(14(9-17)12(2)18-11)19-7-3-4-13(10-19)5-6-16(20)21/h8,13H,3-7,10H2,1-2H3,(H,20,21). The molecule has 1 aliphatic heterocycles. The maximum Gasteiger partial charge on any atom is 0.303 e. The molecule has 1 aliphatic rings. The average Bonchev–Trinajstić information content (AvgIpc) is 2.44. The van der Waals surface area contributed by atoms with Gasteiger partial charge in [-0.1, -0.05) is 0 Å². The number of nitrogens with zero attached hydrogens (tertiary/aromatic N) is 3. The molecule has 1 aromatic rings. The van der Waals surface area contributed by atoms with E-state index in [1.54, 1.807) is 0 Å². The van der Waals surface area contributed by atoms with Gasteiger partial charge >= 0.3 is 5.97 Å². The van der Waals surface area contributed by atoms with Gasteiger partial charge in [0.1, 0.15) is 6.07 Å². The molecular weight excluding hydrogens is 266 g/mol. The van der Waals surface area contributed by atoms with Crippen molar-refractivity contribution in [1.29, 1.82) is 5.26 Å². The second kappa shape index (κ2) is 6.57. The second-order valence-electron chi connectivity index (χ2n) is 5.74. The fraction of sp³-hybridized carbons (Fsp3) is 0.562. The third-order valence-electron chi connectivity index (χ3n) is 4.05. The van der Waals surface area contributed by atoms with Gasteiger partial charge in [-0.2, -0.15) is 5.26 Å². The van der Waals surface area contributed by atoms with Gasteiger partial charge < -0.3 is 10.0 Å². The number of aryl methyl sites for hydroxylation is 2. The first-order valence-corrected chi connectivity index (χ1v) is 7.36. The van der Waals surface area contributed by atoms with Gasteiger partial charge in [-0.05, 0) is 45.1 Å². The van der Waals surface area contributed by atoms with Gasteiger partial charge in [0.25, 0.3) is 0 Å². The summed E-state index contributed by atoms with van der Waals surface area (Å²) in [6.07, 6.45) is 3.03. The molecule has 2 rings (SSSR count). The second-order valence-corrected chi connectivity index (χ2v) is 5.74. The molecule has 0 aromatic carbocycles. The maximum atomic E-state index is 10.7. The lowest BCUT2D eigenvalue weighted by Crippen LogP contribution is -2.36. The zero-order valence-electron chi connectivity index (χ0n) is 12.6. The SMILES string of the molecule is Cc1cc(N2CCCC(CCC(=O)O)C2)c(C#N)c(C)n1. The minimum Gasteiger partial charge on any atom is -0.481 e. The topological polar surface area (TPSA) is 77.2 Å². The van der Waals surface area contributed by atoms with Crippen molar-refractivity contribution in [1.82, 2.24) is 4.98 Å². The van der Waals surface area contributed by atoms with Crippen molar-refractivity contribution in [3.05, 3.63) is 23.0 Å². The number of aromatic nitrogens is 1. The van der Waals surface area contributed by atoms with Crippen LogP contribution in [-0.4, -0.2) is 29.1 Å². The van der Waals surface area contributed by atoms with Crippen LogP contribution in [0.5, 0.6) is 0 Å². The first-order valence-electron chi connectivity index (χ1n) is 7.36. The van der Waals surface area contributed by atoms with Gasteiger partial charge in [0.2, 0.25) is 0 Å². The summed E-state index contributed by atoms with van der Waals surface area (Å²) in [4.78, 5) is 17.3. The van der Waals surface area contributed by atoms with E-state index in [-0.39, 0.29) is 6.42 Å². The number of piperidine rings is 1. The van der Waals surface area contributed by atoms with E-state index in [1.807, 2.05) is 19.9 Å². The summed E-state index contributed by atoms with van der Waals surface area (Å²) in [6, 6.07) is 4.22. The minimum atomic E-state index is -0.736. The van der Waals surface area contributed by atoms with Gasteiger partial charge in [-0.25, -0.2) is 0 Å². The molecule has 1 atom stereocenters. The fourth-order valence-corrected chi connectivity index (χ4v) is 3.04. The summed E-state index contributed by atoms with van der Waals surface area (Å²) in [5.41, 5.74) is 3.26. The molecule has 5 nitrogen and oxygen atoms in total. The van der Waals surface area contributed by atoms with Crippen LogP contribution in [0.2, 0.25) is 0 Å². The first-order chi connectivity index (χ1) is 10.0. The number of carboxylic acid groups (broad SMARTS) is 1. The van der Waals surface area contributed by atoms with Crippen molar-refractivity contribution in [3.8, 4) is 6.07 Å². The Hall–Kier alpha value is -2.09. The van der Waals surface area contributed by atoms with Gasteiger partial charge in [0.05, 0.1) is 16.9 Å². The van der Waals surface area contributed by atoms with E-state index in [4.69, 9.17) is 5.11 Å². The molecule has 1 saturated heterocycles. The van der Waals surface area contributed by atoms with Crippen molar-refractivity contribution in [2.75, 3.05) is 18.0 Å². The maximum absolute atomic E-state index is 10.7. The molecule has 0 bridgehead atoms. The highest BCUT2D eigenvalue weighted by molar-refractivity contribution is 5.66. The number of nitriles is 1. The van der Waals surface area contributed by atoms with Crippen molar-refractivity contribution >= 4 is 11.7 Å². The normalized spacial score (nSPS) is 18.3. The number of pyridine rings is 1. The highest BCUT2D eigenvalue weighted by Crippen LogP contribution is 2.29. The Morgan fingerprint density at radius 3 is 3.00 bits per heavy atom. The van der Waals surface area contributed by atoms with Gasteiger partial charge in [-0.3, -0.25) is 9.78 Å². The van der Waals surface area contributed by atoms with E-state index in [2.05, 4.69) is 16.0 Å². The molecule has 0 amide bonds. The first kappa shape index (κ1) is 15.3. The summed E-state index contributed by atoms with van der Waals surface area (Å²) in [5, 5.41) is 18.2. The highest BCUT2D eigenvalue weighted by atomic mass is 16.4. The van der Waals surface area contributed by atoms with Crippen LogP contribution in [0.3, 0.4) is 0 Å². The Morgan fingerprint density at radius 2 is 2.33 bits per heavy atom. The number of rotatable bonds is 4. The Balaban J connectivity index is 2.18. The molecular formula is C16H21N3O2. The zero-order chi connectivity index (χ0) is 15.4. The molecule has 1 aromatic heterocycles. The van der Waals surface area contributed by atoms with E-state index >= 15 is 0 Å². The van der Waals surface area contributed by atoms with Crippen LogP contribution in [0.1, 0.15) is 42.6 Å². The van der Waals surface area contributed by atoms with Gasteiger partial charge in [-0.15, -0.1) is 0 Å². The number of carboxylic acids is 1. The average molecular weight is 287 g/mol. The quantitative estimate of drug-likeness (QED) is 0.921. The van der Waals surface area contributed by atoms with Crippen LogP contribution in [0.15, 0.2) is 6.07 Å². The number of aliphatic carboxylic acids is 1. The highest BCUT2D eigenvalue weighted by Gasteiger charge is 2.23. The van der Waals surface area contributed by atoms with Crippen molar-refractivity contribution in [2.45, 2.75) is 39.5 Å². The minimum absolute atomic E-state index is 0.220. The van der Waals surface area contributed by atoms with E-state index < -0.39 is 5.97 Å². The predicted octanol–water partition coefficient (Wildman–Crippen LogP) is 2.65. The summed E-state index contributed by atoms with van der Waals surface area (Å²) >= 11 is 0. The lowest BCUT2D eigenvalue weighted by molar-refractivity contribution is -0.137. The molecule has 21 heavy (non-hydrogen) atoms. The smallest absolute Gasteiger partial charge is 0.303 e. The fourth-order valence-electron chi connectivity index (χ4n) is 3.04. The number of hydrogen-bond acceptors (Lipinski definition) is 4. The zero-order valence-corrected chi connectivity index (χ0v) is 12.6. The number of carbonyl (C=O) groups is 1. The molecule has 0 saturated carbocycles. The lowest BCUT2D eigenvalue weighted by atomic mass is 9.92. The van der Waals surface area contributed by atoms with E-state index in [0.29, 0.717) is 17.9 Å². The molecule has 1 fully saturated rings. The monoisotopic (exact) mass is 287 g/mol. The van der Waals surface area contributed by atoms with E-state index in [0.717, 1.165) is 43.0 Å². The largest absolute Gasteiger partial charge is 0.481 e. The van der Waals surface area contributed by atoms with Crippen LogP contribution in [0, 0.1) is 31.1 Å². The summed E-state index contributed by atoms with van der Waals surface area (Å²) in [5.74, 6) is -0.351. The molecule has 112 valence electrons. The van der Waals surface area contributed by atoms with E-state index in [1.165, 1.54) is 0 Å². The number of hydrogen-bond donors (Lipinski definition) is 1. The molecule has 1 unspecified atom stereocenters. The third kappa shape index (κ3) is 3.72. The molecule has 1 N–H and O–H groups in total. The summed E-state index contributed by atoms with van der Waals surface area (Å²) < 4.78 is 0. The van der Waals surface area contributed by atoms with Crippen molar-refractivity contribution < 1.29 is 9.90 Å². The van der Waals surface area contributed by atoms with Crippen molar-refractivity contribution in [2.24, 2.45) is 5.92 Å². The molecule has 2 heterocycles. The van der Waals surface area contributed by atoms with Crippen LogP contribution in [0.25, 0.3) is 0 Å². The van der Waals surface area contributed by atoms with E-state index in [9.17, 15) is 10.1 Å². The Bertz CT molecular complexity index is 578. The van der Waals surface area contributed by atoms with Gasteiger partial charge in [0.15, 0.2) is 0 Å². The lowest BCUT2D eigenvalue weighted by Gasteiger charge is -2.35. The molecule has 0 spiro atoms. The van der Waals surface area contributed by atoms with Crippen LogP contribution in [0.4, 0.5) is 5.69 Å². The van der Waals surface area contributed by atoms with Crippen molar-refractivity contribution in [3.63, 3.8) is 0 Å². The summed E-state index contributed by atoms with van der Waals surface area (Å²) in [6.45, 7) is 5.54. The summed E-state index contributed by atoms with van der Waals surface area (Å²) in [7, 11) is 0. The van der Waals surface area contributed by atoms with Crippen LogP contribution in [-0.2, 0) is 4.79 Å².